The Bertz CT molecular complexity index is 977. The molecule has 0 N–H and O–H groups in total. The number of carbonyl (C=O) groups is 1. The van der Waals surface area contributed by atoms with Crippen LogP contribution < -0.4 is 0 Å². The molecule has 0 saturated carbocycles. The molecular formula is C21H27N5O2S. The van der Waals surface area contributed by atoms with E-state index in [1.165, 1.54) is 16.1 Å². The average Bonchev–Trinajstić information content (AvgIpc) is 3.47. The highest BCUT2D eigenvalue weighted by atomic mass is 32.1. The number of aromatic nitrogens is 4. The second kappa shape index (κ2) is 8.10. The zero-order chi connectivity index (χ0) is 20.5. The maximum Gasteiger partial charge on any atom is 0.257 e. The zero-order valence-corrected chi connectivity index (χ0v) is 18.1. The van der Waals surface area contributed by atoms with Crippen molar-refractivity contribution in [2.24, 2.45) is 0 Å². The van der Waals surface area contributed by atoms with Crippen LogP contribution in [0.25, 0.3) is 5.00 Å². The summed E-state index contributed by atoms with van der Waals surface area (Å²) in [5.74, 6) is 2.18. The van der Waals surface area contributed by atoms with Crippen LogP contribution in [0, 0.1) is 6.92 Å². The van der Waals surface area contributed by atoms with Gasteiger partial charge in [-0.25, -0.2) is 4.98 Å². The Labute approximate surface area is 174 Å². The quantitative estimate of drug-likeness (QED) is 0.613. The molecule has 1 amide bonds. The van der Waals surface area contributed by atoms with E-state index in [4.69, 9.17) is 9.40 Å². The minimum absolute atomic E-state index is 0.0150. The van der Waals surface area contributed by atoms with E-state index < -0.39 is 0 Å². The van der Waals surface area contributed by atoms with Crippen molar-refractivity contribution in [3.05, 3.63) is 46.7 Å². The Balaban J connectivity index is 1.57. The van der Waals surface area contributed by atoms with Gasteiger partial charge in [-0.1, -0.05) is 13.8 Å². The van der Waals surface area contributed by atoms with Crippen molar-refractivity contribution in [2.75, 3.05) is 6.54 Å². The molecule has 8 heteroatoms. The molecule has 4 heterocycles. The highest BCUT2D eigenvalue weighted by Gasteiger charge is 2.34. The summed E-state index contributed by atoms with van der Waals surface area (Å²) in [6.45, 7) is 9.05. The SMILES string of the molecule is CCC(C)c1nc(C2CC[C@@H](C)N(C(=O)c3ccsc3-n3nccn3)C2)oc1C. The number of thiophene rings is 1. The molecule has 0 bridgehead atoms. The number of rotatable bonds is 5. The van der Waals surface area contributed by atoms with Crippen LogP contribution in [0.15, 0.2) is 28.3 Å². The fraction of sp³-hybridized carbons (Fsp3) is 0.524. The molecule has 4 rings (SSSR count). The second-order valence-electron chi connectivity index (χ2n) is 7.84. The summed E-state index contributed by atoms with van der Waals surface area (Å²) in [5.41, 5.74) is 1.69. The summed E-state index contributed by atoms with van der Waals surface area (Å²) >= 11 is 1.47. The molecule has 3 aromatic heterocycles. The first-order valence-corrected chi connectivity index (χ1v) is 11.1. The topological polar surface area (TPSA) is 77.1 Å². The van der Waals surface area contributed by atoms with E-state index in [1.54, 1.807) is 12.4 Å². The molecule has 0 spiro atoms. The van der Waals surface area contributed by atoms with Gasteiger partial charge in [-0.15, -0.1) is 16.1 Å². The van der Waals surface area contributed by atoms with E-state index in [0.29, 0.717) is 18.0 Å². The molecule has 0 aromatic carbocycles. The lowest BCUT2D eigenvalue weighted by Gasteiger charge is -2.37. The molecule has 0 aliphatic carbocycles. The Hall–Kier alpha value is -2.48. The fourth-order valence-corrected chi connectivity index (χ4v) is 4.74. The van der Waals surface area contributed by atoms with Crippen molar-refractivity contribution in [1.82, 2.24) is 24.9 Å². The van der Waals surface area contributed by atoms with Gasteiger partial charge in [0.1, 0.15) is 5.76 Å². The first-order chi connectivity index (χ1) is 14.0. The third-order valence-corrected chi connectivity index (χ3v) is 6.77. The van der Waals surface area contributed by atoms with Crippen molar-refractivity contribution in [3.63, 3.8) is 0 Å². The summed E-state index contributed by atoms with van der Waals surface area (Å²) in [6.07, 6.45) is 6.17. The van der Waals surface area contributed by atoms with Gasteiger partial charge < -0.3 is 9.32 Å². The molecule has 1 fully saturated rings. The van der Waals surface area contributed by atoms with Gasteiger partial charge >= 0.3 is 0 Å². The molecule has 29 heavy (non-hydrogen) atoms. The van der Waals surface area contributed by atoms with Gasteiger partial charge in [0.25, 0.3) is 5.91 Å². The van der Waals surface area contributed by atoms with Gasteiger partial charge in [-0.05, 0) is 44.6 Å². The summed E-state index contributed by atoms with van der Waals surface area (Å²) in [4.78, 5) is 21.7. The van der Waals surface area contributed by atoms with Crippen LogP contribution in [-0.4, -0.2) is 43.4 Å². The van der Waals surface area contributed by atoms with Gasteiger partial charge in [0.15, 0.2) is 10.9 Å². The van der Waals surface area contributed by atoms with E-state index in [9.17, 15) is 4.79 Å². The van der Waals surface area contributed by atoms with Gasteiger partial charge in [-0.2, -0.15) is 10.2 Å². The lowest BCUT2D eigenvalue weighted by molar-refractivity contribution is 0.0597. The van der Waals surface area contributed by atoms with Crippen LogP contribution in [0.1, 0.15) is 79.6 Å². The number of carbonyl (C=O) groups excluding carboxylic acids is 1. The standard InChI is InChI=1S/C21H27N5O2S/c1-5-13(2)18-15(4)28-19(24-18)16-7-6-14(3)25(12-16)20(27)17-8-11-29-21(17)26-22-9-10-23-26/h8-11,13-14,16H,5-7,12H2,1-4H3/t13?,14-,16?/m1/s1. The van der Waals surface area contributed by atoms with Gasteiger partial charge in [0.2, 0.25) is 0 Å². The lowest BCUT2D eigenvalue weighted by Crippen LogP contribution is -2.45. The predicted octanol–water partition coefficient (Wildman–Crippen LogP) is 4.55. The summed E-state index contributed by atoms with van der Waals surface area (Å²) < 4.78 is 6.04. The Morgan fingerprint density at radius 1 is 1.34 bits per heavy atom. The largest absolute Gasteiger partial charge is 0.445 e. The molecular weight excluding hydrogens is 386 g/mol. The number of likely N-dealkylation sites (tertiary alicyclic amines) is 1. The van der Waals surface area contributed by atoms with E-state index in [-0.39, 0.29) is 17.9 Å². The number of piperidine rings is 1. The van der Waals surface area contributed by atoms with E-state index in [0.717, 1.165) is 41.6 Å². The molecule has 154 valence electrons. The molecule has 3 atom stereocenters. The maximum atomic E-state index is 13.4. The van der Waals surface area contributed by atoms with Crippen molar-refractivity contribution in [3.8, 4) is 5.00 Å². The van der Waals surface area contributed by atoms with Crippen molar-refractivity contribution >= 4 is 17.2 Å². The molecule has 1 saturated heterocycles. The Morgan fingerprint density at radius 3 is 2.83 bits per heavy atom. The molecule has 1 aliphatic heterocycles. The van der Waals surface area contributed by atoms with Crippen LogP contribution in [0.2, 0.25) is 0 Å². The van der Waals surface area contributed by atoms with Crippen LogP contribution in [0.5, 0.6) is 0 Å². The zero-order valence-electron chi connectivity index (χ0n) is 17.3. The highest BCUT2D eigenvalue weighted by molar-refractivity contribution is 7.12. The van der Waals surface area contributed by atoms with Crippen LogP contribution in [0.4, 0.5) is 0 Å². The lowest BCUT2D eigenvalue weighted by atomic mass is 9.92. The van der Waals surface area contributed by atoms with Gasteiger partial charge in [0.05, 0.1) is 29.6 Å². The van der Waals surface area contributed by atoms with Crippen LogP contribution in [-0.2, 0) is 0 Å². The number of amides is 1. The Morgan fingerprint density at radius 2 is 2.10 bits per heavy atom. The first kappa shape index (κ1) is 19.8. The fourth-order valence-electron chi connectivity index (χ4n) is 3.94. The van der Waals surface area contributed by atoms with E-state index in [1.807, 2.05) is 23.3 Å². The van der Waals surface area contributed by atoms with Crippen molar-refractivity contribution in [1.29, 1.82) is 0 Å². The summed E-state index contributed by atoms with van der Waals surface area (Å²) in [7, 11) is 0. The van der Waals surface area contributed by atoms with Crippen LogP contribution >= 0.6 is 11.3 Å². The predicted molar refractivity (Wildman–Crippen MR) is 112 cm³/mol. The summed E-state index contributed by atoms with van der Waals surface area (Å²) in [6, 6.07) is 2.03. The van der Waals surface area contributed by atoms with Crippen molar-refractivity contribution in [2.45, 2.75) is 64.8 Å². The van der Waals surface area contributed by atoms with Crippen LogP contribution in [0.3, 0.4) is 0 Å². The smallest absolute Gasteiger partial charge is 0.257 e. The van der Waals surface area contributed by atoms with Gasteiger partial charge in [0, 0.05) is 18.5 Å². The number of oxazole rings is 1. The molecule has 2 unspecified atom stereocenters. The molecule has 7 nitrogen and oxygen atoms in total. The summed E-state index contributed by atoms with van der Waals surface area (Å²) in [5, 5.41) is 11.0. The second-order valence-corrected chi connectivity index (χ2v) is 8.74. The highest BCUT2D eigenvalue weighted by Crippen LogP contribution is 2.34. The maximum absolute atomic E-state index is 13.4. The average molecular weight is 414 g/mol. The Kier molecular flexibility index (Phi) is 5.54. The minimum Gasteiger partial charge on any atom is -0.445 e. The first-order valence-electron chi connectivity index (χ1n) is 10.2. The van der Waals surface area contributed by atoms with Crippen molar-refractivity contribution < 1.29 is 9.21 Å². The number of hydrogen-bond donors (Lipinski definition) is 0. The normalized spacial score (nSPS) is 20.8. The monoisotopic (exact) mass is 413 g/mol. The third-order valence-electron chi connectivity index (χ3n) is 5.90. The van der Waals surface area contributed by atoms with Gasteiger partial charge in [-0.3, -0.25) is 4.79 Å². The molecule has 3 aromatic rings. The van der Waals surface area contributed by atoms with E-state index in [2.05, 4.69) is 31.0 Å². The number of nitrogens with zero attached hydrogens (tertiary/aromatic N) is 5. The van der Waals surface area contributed by atoms with E-state index >= 15 is 0 Å². The minimum atomic E-state index is 0.0150. The molecule has 1 aliphatic rings. The third kappa shape index (κ3) is 3.73. The number of aryl methyl sites for hydroxylation is 1. The molecule has 0 radical (unpaired) electrons. The number of hydrogen-bond acceptors (Lipinski definition) is 6.